The second-order valence-corrected chi connectivity index (χ2v) is 6.04. The molecule has 2 saturated heterocycles. The maximum atomic E-state index is 12.7. The van der Waals surface area contributed by atoms with E-state index >= 15 is 0 Å². The van der Waals surface area contributed by atoms with E-state index in [1.165, 1.54) is 0 Å². The van der Waals surface area contributed by atoms with E-state index in [2.05, 4.69) is 21.2 Å². The molecule has 96 valence electrons. The predicted molar refractivity (Wildman–Crippen MR) is 75.6 cm³/mol. The molecule has 0 aromatic heterocycles. The van der Waals surface area contributed by atoms with E-state index in [0.29, 0.717) is 5.91 Å². The highest BCUT2D eigenvalue weighted by atomic mass is 79.9. The first kappa shape index (κ1) is 12.2. The van der Waals surface area contributed by atoms with Crippen LogP contribution in [-0.2, 0) is 4.79 Å². The summed E-state index contributed by atoms with van der Waals surface area (Å²) in [6.07, 6.45) is 2.95. The summed E-state index contributed by atoms with van der Waals surface area (Å²) in [6.45, 7) is 2.78. The van der Waals surface area contributed by atoms with Crippen molar-refractivity contribution in [1.29, 1.82) is 0 Å². The van der Waals surface area contributed by atoms with Gasteiger partial charge in [-0.25, -0.2) is 0 Å². The number of rotatable bonds is 1. The number of nitrogens with zero attached hydrogens (tertiary/aromatic N) is 1. The maximum Gasteiger partial charge on any atom is 0.233 e. The molecular formula is C14H17BrN2O. The standard InChI is InChI=1S/C14H17BrN2O/c15-11-3-1-2-4-12(11)17-10-7-14(13(17)18)5-8-16-9-6-14/h1-4,16H,5-10H2. The fourth-order valence-electron chi connectivity index (χ4n) is 3.09. The van der Waals surface area contributed by atoms with Crippen LogP contribution in [0.15, 0.2) is 28.7 Å². The molecular weight excluding hydrogens is 292 g/mol. The molecule has 18 heavy (non-hydrogen) atoms. The van der Waals surface area contributed by atoms with Crippen LogP contribution in [0.4, 0.5) is 5.69 Å². The Morgan fingerprint density at radius 3 is 2.61 bits per heavy atom. The first-order valence-corrected chi connectivity index (χ1v) is 7.29. The van der Waals surface area contributed by atoms with Crippen LogP contribution in [-0.4, -0.2) is 25.5 Å². The average Bonchev–Trinajstić information content (AvgIpc) is 2.69. The van der Waals surface area contributed by atoms with Crippen LogP contribution >= 0.6 is 15.9 Å². The average molecular weight is 309 g/mol. The minimum Gasteiger partial charge on any atom is -0.317 e. The maximum absolute atomic E-state index is 12.7. The largest absolute Gasteiger partial charge is 0.317 e. The SMILES string of the molecule is O=C1N(c2ccccc2Br)CCC12CCNCC2. The number of carbonyl (C=O) groups is 1. The monoisotopic (exact) mass is 308 g/mol. The van der Waals surface area contributed by atoms with E-state index in [9.17, 15) is 4.79 Å². The molecule has 1 amide bonds. The third-order valence-corrected chi connectivity index (χ3v) is 4.89. The number of nitrogens with one attached hydrogen (secondary N) is 1. The predicted octanol–water partition coefficient (Wildman–Crippen LogP) is 2.56. The molecule has 4 heteroatoms. The second-order valence-electron chi connectivity index (χ2n) is 5.19. The quantitative estimate of drug-likeness (QED) is 0.865. The number of benzene rings is 1. The normalized spacial score (nSPS) is 22.7. The van der Waals surface area contributed by atoms with Crippen molar-refractivity contribution in [2.24, 2.45) is 5.41 Å². The van der Waals surface area contributed by atoms with Crippen molar-refractivity contribution >= 4 is 27.5 Å². The number of carbonyl (C=O) groups excluding carboxylic acids is 1. The topological polar surface area (TPSA) is 32.3 Å². The lowest BCUT2D eigenvalue weighted by atomic mass is 9.78. The molecule has 0 saturated carbocycles. The number of hydrogen-bond donors (Lipinski definition) is 1. The summed E-state index contributed by atoms with van der Waals surface area (Å²) in [5.74, 6) is 0.316. The van der Waals surface area contributed by atoms with Crippen LogP contribution in [0.2, 0.25) is 0 Å². The van der Waals surface area contributed by atoms with Gasteiger partial charge >= 0.3 is 0 Å². The fourth-order valence-corrected chi connectivity index (χ4v) is 3.59. The van der Waals surface area contributed by atoms with Crippen LogP contribution in [0.1, 0.15) is 19.3 Å². The zero-order valence-corrected chi connectivity index (χ0v) is 11.9. The highest BCUT2D eigenvalue weighted by Gasteiger charge is 2.47. The minimum absolute atomic E-state index is 0.0967. The van der Waals surface area contributed by atoms with E-state index < -0.39 is 0 Å². The number of anilines is 1. The van der Waals surface area contributed by atoms with E-state index in [1.54, 1.807) is 0 Å². The second kappa shape index (κ2) is 4.67. The van der Waals surface area contributed by atoms with Crippen LogP contribution in [0.5, 0.6) is 0 Å². The minimum atomic E-state index is -0.0967. The van der Waals surface area contributed by atoms with Crippen molar-refractivity contribution < 1.29 is 4.79 Å². The van der Waals surface area contributed by atoms with Crippen molar-refractivity contribution in [3.05, 3.63) is 28.7 Å². The Hall–Kier alpha value is -0.870. The first-order chi connectivity index (χ1) is 8.73. The molecule has 1 aromatic carbocycles. The van der Waals surface area contributed by atoms with Gasteiger partial charge in [0, 0.05) is 11.0 Å². The van der Waals surface area contributed by atoms with Gasteiger partial charge in [-0.3, -0.25) is 4.79 Å². The zero-order valence-electron chi connectivity index (χ0n) is 10.3. The Kier molecular flexibility index (Phi) is 3.16. The molecule has 3 nitrogen and oxygen atoms in total. The number of para-hydroxylation sites is 1. The molecule has 1 N–H and O–H groups in total. The molecule has 0 atom stereocenters. The van der Waals surface area contributed by atoms with Crippen LogP contribution in [0, 0.1) is 5.41 Å². The molecule has 3 rings (SSSR count). The van der Waals surface area contributed by atoms with Gasteiger partial charge in [-0.2, -0.15) is 0 Å². The van der Waals surface area contributed by atoms with Crippen LogP contribution in [0.3, 0.4) is 0 Å². The summed E-state index contributed by atoms with van der Waals surface area (Å²) < 4.78 is 1.00. The summed E-state index contributed by atoms with van der Waals surface area (Å²) in [5.41, 5.74) is 0.915. The molecule has 0 radical (unpaired) electrons. The van der Waals surface area contributed by atoms with E-state index in [1.807, 2.05) is 29.2 Å². The number of piperidine rings is 1. The summed E-state index contributed by atoms with van der Waals surface area (Å²) in [7, 11) is 0. The van der Waals surface area contributed by atoms with Crippen molar-refractivity contribution in [2.45, 2.75) is 19.3 Å². The number of hydrogen-bond acceptors (Lipinski definition) is 2. The van der Waals surface area contributed by atoms with Gasteiger partial charge in [-0.05, 0) is 60.4 Å². The van der Waals surface area contributed by atoms with Gasteiger partial charge in [0.05, 0.1) is 11.1 Å². The lowest BCUT2D eigenvalue weighted by Crippen LogP contribution is -2.42. The Labute approximate surface area is 116 Å². The lowest BCUT2D eigenvalue weighted by Gasteiger charge is -2.32. The van der Waals surface area contributed by atoms with Crippen molar-refractivity contribution in [3.8, 4) is 0 Å². The van der Waals surface area contributed by atoms with Gasteiger partial charge in [-0.1, -0.05) is 12.1 Å². The van der Waals surface area contributed by atoms with Crippen LogP contribution in [0.25, 0.3) is 0 Å². The van der Waals surface area contributed by atoms with Gasteiger partial charge in [0.2, 0.25) is 5.91 Å². The zero-order chi connectivity index (χ0) is 12.6. The highest BCUT2D eigenvalue weighted by molar-refractivity contribution is 9.10. The fraction of sp³-hybridized carbons (Fsp3) is 0.500. The van der Waals surface area contributed by atoms with E-state index in [0.717, 1.165) is 49.1 Å². The van der Waals surface area contributed by atoms with Gasteiger partial charge in [0.25, 0.3) is 0 Å². The summed E-state index contributed by atoms with van der Waals surface area (Å²) in [6, 6.07) is 7.98. The molecule has 2 fully saturated rings. The lowest BCUT2D eigenvalue weighted by molar-refractivity contribution is -0.126. The molecule has 2 heterocycles. The molecule has 0 bridgehead atoms. The number of amides is 1. The summed E-state index contributed by atoms with van der Waals surface area (Å²) in [4.78, 5) is 14.7. The van der Waals surface area contributed by atoms with E-state index in [4.69, 9.17) is 0 Å². The molecule has 0 aliphatic carbocycles. The Balaban J connectivity index is 1.89. The first-order valence-electron chi connectivity index (χ1n) is 6.50. The number of halogens is 1. The van der Waals surface area contributed by atoms with Crippen molar-refractivity contribution in [1.82, 2.24) is 5.32 Å². The molecule has 2 aliphatic rings. The van der Waals surface area contributed by atoms with Crippen LogP contribution < -0.4 is 10.2 Å². The molecule has 1 spiro atoms. The van der Waals surface area contributed by atoms with Gasteiger partial charge in [0.15, 0.2) is 0 Å². The Morgan fingerprint density at radius 1 is 1.17 bits per heavy atom. The van der Waals surface area contributed by atoms with Gasteiger partial charge < -0.3 is 10.2 Å². The molecule has 0 unspecified atom stereocenters. The Morgan fingerprint density at radius 2 is 1.89 bits per heavy atom. The summed E-state index contributed by atoms with van der Waals surface area (Å²) >= 11 is 3.54. The molecule has 1 aromatic rings. The summed E-state index contributed by atoms with van der Waals surface area (Å²) in [5, 5.41) is 3.34. The van der Waals surface area contributed by atoms with Crippen molar-refractivity contribution in [2.75, 3.05) is 24.5 Å². The third kappa shape index (κ3) is 1.88. The highest BCUT2D eigenvalue weighted by Crippen LogP contribution is 2.42. The van der Waals surface area contributed by atoms with Gasteiger partial charge in [-0.15, -0.1) is 0 Å². The van der Waals surface area contributed by atoms with Crippen molar-refractivity contribution in [3.63, 3.8) is 0 Å². The Bertz CT molecular complexity index is 469. The third-order valence-electron chi connectivity index (χ3n) is 4.22. The van der Waals surface area contributed by atoms with Gasteiger partial charge in [0.1, 0.15) is 0 Å². The molecule has 2 aliphatic heterocycles. The smallest absolute Gasteiger partial charge is 0.233 e. The van der Waals surface area contributed by atoms with E-state index in [-0.39, 0.29) is 5.41 Å².